The number of rotatable bonds is 2. The lowest BCUT2D eigenvalue weighted by atomic mass is 10.1. The van der Waals surface area contributed by atoms with E-state index in [9.17, 15) is 0 Å². The first-order valence-corrected chi connectivity index (χ1v) is 6.45. The van der Waals surface area contributed by atoms with Crippen molar-refractivity contribution in [1.82, 2.24) is 24.9 Å². The summed E-state index contributed by atoms with van der Waals surface area (Å²) in [6.45, 7) is 7.13. The van der Waals surface area contributed by atoms with E-state index in [2.05, 4.69) is 32.3 Å². The second kappa shape index (κ2) is 4.53. The molecule has 18 heavy (non-hydrogen) atoms. The first-order chi connectivity index (χ1) is 8.81. The molecule has 1 fully saturated rings. The molecule has 6 nitrogen and oxygen atoms in total. The normalized spacial score (nSPS) is 20.6. The lowest BCUT2D eigenvalue weighted by Gasteiger charge is -2.36. The van der Waals surface area contributed by atoms with Gasteiger partial charge in [-0.1, -0.05) is 6.92 Å². The van der Waals surface area contributed by atoms with Gasteiger partial charge < -0.3 is 10.2 Å². The van der Waals surface area contributed by atoms with Crippen LogP contribution in [0, 0.1) is 6.92 Å². The van der Waals surface area contributed by atoms with E-state index in [0.29, 0.717) is 6.04 Å². The summed E-state index contributed by atoms with van der Waals surface area (Å²) in [7, 11) is 0. The summed E-state index contributed by atoms with van der Waals surface area (Å²) in [5.41, 5.74) is 0.857. The van der Waals surface area contributed by atoms with E-state index in [1.807, 2.05) is 23.7 Å². The fourth-order valence-electron chi connectivity index (χ4n) is 2.54. The lowest BCUT2D eigenvalue weighted by Crippen LogP contribution is -2.51. The molecule has 2 aromatic rings. The second-order valence-corrected chi connectivity index (χ2v) is 4.65. The molecule has 1 aliphatic heterocycles. The average molecular weight is 246 g/mol. The molecule has 0 saturated carbocycles. The number of hydrogen-bond donors (Lipinski definition) is 1. The molecule has 1 aliphatic rings. The number of piperazine rings is 1. The molecular weight excluding hydrogens is 228 g/mol. The molecule has 3 rings (SSSR count). The summed E-state index contributed by atoms with van der Waals surface area (Å²) in [5.74, 6) is 1.85. The smallest absolute Gasteiger partial charge is 0.203 e. The zero-order valence-corrected chi connectivity index (χ0v) is 10.8. The minimum Gasteiger partial charge on any atom is -0.348 e. The van der Waals surface area contributed by atoms with Crippen LogP contribution in [-0.4, -0.2) is 45.3 Å². The van der Waals surface area contributed by atoms with Crippen LogP contribution in [0.3, 0.4) is 0 Å². The number of aryl methyl sites for hydroxylation is 1. The Hall–Kier alpha value is -1.69. The summed E-state index contributed by atoms with van der Waals surface area (Å²) < 4.78 is 2.00. The Morgan fingerprint density at radius 3 is 3.17 bits per heavy atom. The number of nitrogens with zero attached hydrogens (tertiary/aromatic N) is 5. The Balaban J connectivity index is 2.07. The maximum absolute atomic E-state index is 4.52. The first kappa shape index (κ1) is 11.4. The summed E-state index contributed by atoms with van der Waals surface area (Å²) >= 11 is 0. The molecule has 1 unspecified atom stereocenters. The summed E-state index contributed by atoms with van der Waals surface area (Å²) in [4.78, 5) is 6.86. The van der Waals surface area contributed by atoms with Crippen LogP contribution in [-0.2, 0) is 0 Å². The quantitative estimate of drug-likeness (QED) is 0.842. The van der Waals surface area contributed by atoms with E-state index < -0.39 is 0 Å². The largest absolute Gasteiger partial charge is 0.348 e. The average Bonchev–Trinajstić information content (AvgIpc) is 2.81. The Morgan fingerprint density at radius 2 is 2.33 bits per heavy atom. The van der Waals surface area contributed by atoms with E-state index in [0.717, 1.165) is 43.3 Å². The molecule has 6 heteroatoms. The standard InChI is InChI=1S/C12H18N6/c1-3-10-8-13-4-6-18(10)11-12-16-15-9(2)17(12)7-5-14-11/h5,7,10,13H,3-4,6,8H2,1-2H3. The van der Waals surface area contributed by atoms with Gasteiger partial charge in [-0.3, -0.25) is 4.40 Å². The van der Waals surface area contributed by atoms with Gasteiger partial charge in [-0.05, 0) is 13.3 Å². The monoisotopic (exact) mass is 246 g/mol. The van der Waals surface area contributed by atoms with E-state index in [4.69, 9.17) is 0 Å². The van der Waals surface area contributed by atoms with Crippen LogP contribution in [0.5, 0.6) is 0 Å². The van der Waals surface area contributed by atoms with Gasteiger partial charge in [0.2, 0.25) is 5.65 Å². The molecule has 0 aliphatic carbocycles. The van der Waals surface area contributed by atoms with Gasteiger partial charge in [-0.15, -0.1) is 10.2 Å². The van der Waals surface area contributed by atoms with Crippen molar-refractivity contribution in [1.29, 1.82) is 0 Å². The molecule has 3 heterocycles. The highest BCUT2D eigenvalue weighted by Gasteiger charge is 2.24. The maximum atomic E-state index is 4.52. The van der Waals surface area contributed by atoms with Crippen LogP contribution in [0.4, 0.5) is 5.82 Å². The molecule has 0 bridgehead atoms. The SMILES string of the molecule is CCC1CNCCN1c1nccn2c(C)nnc12. The number of hydrogen-bond acceptors (Lipinski definition) is 5. The fourth-order valence-corrected chi connectivity index (χ4v) is 2.54. The summed E-state index contributed by atoms with van der Waals surface area (Å²) in [6.07, 6.45) is 4.84. The van der Waals surface area contributed by atoms with Crippen molar-refractivity contribution >= 4 is 11.5 Å². The van der Waals surface area contributed by atoms with Gasteiger partial charge >= 0.3 is 0 Å². The van der Waals surface area contributed by atoms with Crippen LogP contribution >= 0.6 is 0 Å². The first-order valence-electron chi connectivity index (χ1n) is 6.45. The molecule has 0 amide bonds. The van der Waals surface area contributed by atoms with Crippen molar-refractivity contribution < 1.29 is 0 Å². The number of aromatic nitrogens is 4. The second-order valence-electron chi connectivity index (χ2n) is 4.65. The predicted molar refractivity (Wildman–Crippen MR) is 69.8 cm³/mol. The van der Waals surface area contributed by atoms with Crippen LogP contribution in [0.2, 0.25) is 0 Å². The van der Waals surface area contributed by atoms with Crippen molar-refractivity contribution in [3.8, 4) is 0 Å². The van der Waals surface area contributed by atoms with Crippen molar-refractivity contribution in [2.45, 2.75) is 26.3 Å². The number of anilines is 1. The third-order valence-electron chi connectivity index (χ3n) is 3.57. The van der Waals surface area contributed by atoms with Gasteiger partial charge in [0.25, 0.3) is 0 Å². The molecule has 1 saturated heterocycles. The predicted octanol–water partition coefficient (Wildman–Crippen LogP) is 0.621. The van der Waals surface area contributed by atoms with Crippen LogP contribution in [0.25, 0.3) is 5.65 Å². The molecule has 0 aromatic carbocycles. The van der Waals surface area contributed by atoms with Crippen molar-refractivity contribution in [3.05, 3.63) is 18.2 Å². The minimum absolute atomic E-state index is 0.481. The topological polar surface area (TPSA) is 58.4 Å². The van der Waals surface area contributed by atoms with Crippen LogP contribution in [0.1, 0.15) is 19.2 Å². The molecule has 96 valence electrons. The number of fused-ring (bicyclic) bond motifs is 1. The van der Waals surface area contributed by atoms with Gasteiger partial charge in [-0.25, -0.2) is 4.98 Å². The van der Waals surface area contributed by atoms with Gasteiger partial charge in [0.05, 0.1) is 0 Å². The molecular formula is C12H18N6. The van der Waals surface area contributed by atoms with Gasteiger partial charge in [0, 0.05) is 38.1 Å². The van der Waals surface area contributed by atoms with Crippen LogP contribution < -0.4 is 10.2 Å². The summed E-state index contributed by atoms with van der Waals surface area (Å²) in [5, 5.41) is 11.8. The highest BCUT2D eigenvalue weighted by atomic mass is 15.3. The highest BCUT2D eigenvalue weighted by Crippen LogP contribution is 2.21. The van der Waals surface area contributed by atoms with Crippen molar-refractivity contribution in [3.63, 3.8) is 0 Å². The van der Waals surface area contributed by atoms with E-state index >= 15 is 0 Å². The maximum Gasteiger partial charge on any atom is 0.203 e. The molecule has 0 radical (unpaired) electrons. The van der Waals surface area contributed by atoms with Crippen LogP contribution in [0.15, 0.2) is 12.4 Å². The van der Waals surface area contributed by atoms with Crippen molar-refractivity contribution in [2.75, 3.05) is 24.5 Å². The Labute approximate surface area is 106 Å². The highest BCUT2D eigenvalue weighted by molar-refractivity contribution is 5.64. The number of nitrogens with one attached hydrogen (secondary N) is 1. The summed E-state index contributed by atoms with van der Waals surface area (Å²) in [6, 6.07) is 0.481. The van der Waals surface area contributed by atoms with E-state index in [-0.39, 0.29) is 0 Å². The Bertz CT molecular complexity index is 548. The molecule has 1 N–H and O–H groups in total. The third-order valence-corrected chi connectivity index (χ3v) is 3.57. The van der Waals surface area contributed by atoms with Gasteiger partial charge in [-0.2, -0.15) is 0 Å². The van der Waals surface area contributed by atoms with E-state index in [1.54, 1.807) is 0 Å². The minimum atomic E-state index is 0.481. The van der Waals surface area contributed by atoms with Gasteiger partial charge in [0.15, 0.2) is 5.82 Å². The molecule has 0 spiro atoms. The lowest BCUT2D eigenvalue weighted by molar-refractivity contribution is 0.463. The van der Waals surface area contributed by atoms with Crippen molar-refractivity contribution in [2.24, 2.45) is 0 Å². The Morgan fingerprint density at radius 1 is 1.44 bits per heavy atom. The zero-order chi connectivity index (χ0) is 12.5. The Kier molecular flexibility index (Phi) is 2.87. The van der Waals surface area contributed by atoms with Gasteiger partial charge in [0.1, 0.15) is 5.82 Å². The zero-order valence-electron chi connectivity index (χ0n) is 10.8. The molecule has 2 aromatic heterocycles. The van der Waals surface area contributed by atoms with E-state index in [1.165, 1.54) is 0 Å². The fraction of sp³-hybridized carbons (Fsp3) is 0.583. The third kappa shape index (κ3) is 1.73. The molecule has 1 atom stereocenters.